The first-order valence-electron chi connectivity index (χ1n) is 7.13. The van der Waals surface area contributed by atoms with Gasteiger partial charge in [-0.25, -0.2) is 0 Å². The lowest BCUT2D eigenvalue weighted by Gasteiger charge is -2.18. The zero-order chi connectivity index (χ0) is 17.9. The first-order valence-corrected chi connectivity index (χ1v) is 7.13. The minimum atomic E-state index is -4.46. The monoisotopic (exact) mass is 346 g/mol. The Morgan fingerprint density at radius 3 is 2.33 bits per heavy atom. The summed E-state index contributed by atoms with van der Waals surface area (Å²) in [6.07, 6.45) is -4.34. The van der Waals surface area contributed by atoms with E-state index in [1.807, 2.05) is 0 Å². The van der Waals surface area contributed by atoms with Crippen molar-refractivity contribution >= 4 is 11.8 Å². The van der Waals surface area contributed by atoms with E-state index >= 15 is 0 Å². The van der Waals surface area contributed by atoms with Crippen molar-refractivity contribution < 1.29 is 32.2 Å². The van der Waals surface area contributed by atoms with Crippen LogP contribution in [0.2, 0.25) is 0 Å². The van der Waals surface area contributed by atoms with Crippen LogP contribution in [0.4, 0.5) is 13.2 Å². The molecule has 0 bridgehead atoms. The van der Waals surface area contributed by atoms with E-state index in [4.69, 9.17) is 9.47 Å². The lowest BCUT2D eigenvalue weighted by Crippen LogP contribution is -2.43. The molecule has 1 atom stereocenters. The standard InChI is InChI=1S/C15H17F3N2O4/c1-23-10-5-9(6-11(7-10)24-2)13(21)19-12-3-4-20(14(12)22)8-15(16,17)18/h5-7,12H,3-4,8H2,1-2H3,(H,19,21). The molecule has 1 fully saturated rings. The fourth-order valence-corrected chi connectivity index (χ4v) is 2.43. The Hall–Kier alpha value is -2.45. The average molecular weight is 346 g/mol. The van der Waals surface area contributed by atoms with Crippen molar-refractivity contribution in [3.63, 3.8) is 0 Å². The van der Waals surface area contributed by atoms with Crippen LogP contribution in [-0.4, -0.2) is 56.2 Å². The van der Waals surface area contributed by atoms with Crippen molar-refractivity contribution in [2.75, 3.05) is 27.3 Å². The zero-order valence-corrected chi connectivity index (χ0v) is 13.1. The molecule has 0 saturated carbocycles. The van der Waals surface area contributed by atoms with Gasteiger partial charge in [-0.05, 0) is 18.6 Å². The molecule has 0 aliphatic carbocycles. The number of rotatable bonds is 5. The number of halogens is 3. The van der Waals surface area contributed by atoms with Crippen LogP contribution in [0, 0.1) is 0 Å². The Kier molecular flexibility index (Phi) is 5.20. The molecule has 1 aromatic rings. The molecule has 1 aliphatic heterocycles. The number of carbonyl (C=O) groups excluding carboxylic acids is 2. The Labute approximate surface area is 136 Å². The molecule has 1 unspecified atom stereocenters. The summed E-state index contributed by atoms with van der Waals surface area (Å²) in [5.74, 6) is -0.554. The van der Waals surface area contributed by atoms with Gasteiger partial charge in [0.25, 0.3) is 5.91 Å². The van der Waals surface area contributed by atoms with Crippen molar-refractivity contribution in [3.8, 4) is 11.5 Å². The van der Waals surface area contributed by atoms with Crippen LogP contribution >= 0.6 is 0 Å². The molecule has 1 aromatic carbocycles. The van der Waals surface area contributed by atoms with E-state index < -0.39 is 30.6 Å². The molecule has 2 rings (SSSR count). The molecule has 9 heteroatoms. The summed E-state index contributed by atoms with van der Waals surface area (Å²) in [5, 5.41) is 2.45. The highest BCUT2D eigenvalue weighted by atomic mass is 19.4. The smallest absolute Gasteiger partial charge is 0.406 e. The number of alkyl halides is 3. The maximum Gasteiger partial charge on any atom is 0.406 e. The number of hydrogen-bond acceptors (Lipinski definition) is 4. The lowest BCUT2D eigenvalue weighted by molar-refractivity contribution is -0.157. The molecule has 1 heterocycles. The first-order chi connectivity index (χ1) is 11.2. The molecule has 1 aliphatic rings. The van der Waals surface area contributed by atoms with Gasteiger partial charge in [0.2, 0.25) is 5.91 Å². The number of benzene rings is 1. The number of carbonyl (C=O) groups is 2. The first kappa shape index (κ1) is 17.9. The number of methoxy groups -OCH3 is 2. The second kappa shape index (κ2) is 6.98. The minimum absolute atomic E-state index is 0.0509. The van der Waals surface area contributed by atoms with E-state index in [1.54, 1.807) is 6.07 Å². The third-order valence-corrected chi connectivity index (χ3v) is 3.59. The molecule has 1 N–H and O–H groups in total. The molecule has 0 spiro atoms. The number of nitrogens with one attached hydrogen (secondary N) is 1. The Morgan fingerprint density at radius 2 is 1.83 bits per heavy atom. The number of hydrogen-bond donors (Lipinski definition) is 1. The number of likely N-dealkylation sites (tertiary alicyclic amines) is 1. The highest BCUT2D eigenvalue weighted by molar-refractivity contribution is 5.98. The SMILES string of the molecule is COc1cc(OC)cc(C(=O)NC2CCN(CC(F)(F)F)C2=O)c1. The van der Waals surface area contributed by atoms with E-state index in [0.717, 1.165) is 0 Å². The fraction of sp³-hybridized carbons (Fsp3) is 0.467. The topological polar surface area (TPSA) is 67.9 Å². The van der Waals surface area contributed by atoms with Crippen molar-refractivity contribution in [1.29, 1.82) is 0 Å². The van der Waals surface area contributed by atoms with Crippen LogP contribution in [0.3, 0.4) is 0 Å². The van der Waals surface area contributed by atoms with Crippen LogP contribution in [0.1, 0.15) is 16.8 Å². The predicted octanol–water partition coefficient (Wildman–Crippen LogP) is 1.60. The molecule has 6 nitrogen and oxygen atoms in total. The van der Waals surface area contributed by atoms with Crippen molar-refractivity contribution in [2.24, 2.45) is 0 Å². The van der Waals surface area contributed by atoms with Crippen molar-refractivity contribution in [2.45, 2.75) is 18.6 Å². The van der Waals surface area contributed by atoms with Gasteiger partial charge in [0.15, 0.2) is 0 Å². The van der Waals surface area contributed by atoms with E-state index in [9.17, 15) is 22.8 Å². The Morgan fingerprint density at radius 1 is 1.25 bits per heavy atom. The van der Waals surface area contributed by atoms with Crippen molar-refractivity contribution in [1.82, 2.24) is 10.2 Å². The van der Waals surface area contributed by atoms with Gasteiger partial charge >= 0.3 is 6.18 Å². The zero-order valence-electron chi connectivity index (χ0n) is 13.1. The van der Waals surface area contributed by atoms with E-state index in [-0.39, 0.29) is 18.5 Å². The van der Waals surface area contributed by atoms with Crippen LogP contribution in [0.25, 0.3) is 0 Å². The summed E-state index contributed by atoms with van der Waals surface area (Å²) >= 11 is 0. The lowest BCUT2D eigenvalue weighted by atomic mass is 10.1. The Bertz CT molecular complexity index is 611. The van der Waals surface area contributed by atoms with Gasteiger partial charge < -0.3 is 19.7 Å². The number of ether oxygens (including phenoxy) is 2. The summed E-state index contributed by atoms with van der Waals surface area (Å²) in [5.41, 5.74) is 0.188. The largest absolute Gasteiger partial charge is 0.497 e. The van der Waals surface area contributed by atoms with E-state index in [1.165, 1.54) is 26.4 Å². The number of nitrogens with zero attached hydrogens (tertiary/aromatic N) is 1. The van der Waals surface area contributed by atoms with E-state index in [0.29, 0.717) is 16.4 Å². The second-order valence-electron chi connectivity index (χ2n) is 5.29. The molecule has 1 saturated heterocycles. The predicted molar refractivity (Wildman–Crippen MR) is 78.1 cm³/mol. The fourth-order valence-electron chi connectivity index (χ4n) is 2.43. The summed E-state index contributed by atoms with van der Waals surface area (Å²) < 4.78 is 47.3. The molecule has 132 valence electrons. The van der Waals surface area contributed by atoms with Gasteiger partial charge in [0, 0.05) is 18.2 Å². The van der Waals surface area contributed by atoms with Gasteiger partial charge in [-0.2, -0.15) is 13.2 Å². The third kappa shape index (κ3) is 4.30. The van der Waals surface area contributed by atoms with Crippen LogP contribution in [0.15, 0.2) is 18.2 Å². The normalized spacial score (nSPS) is 17.8. The summed E-state index contributed by atoms with van der Waals surface area (Å²) in [6.45, 7) is -1.37. The summed E-state index contributed by atoms with van der Waals surface area (Å²) in [4.78, 5) is 24.9. The summed E-state index contributed by atoms with van der Waals surface area (Å²) in [6, 6.07) is 3.50. The number of amides is 2. The van der Waals surface area contributed by atoms with Gasteiger partial charge in [-0.1, -0.05) is 0 Å². The van der Waals surface area contributed by atoms with Crippen LogP contribution < -0.4 is 14.8 Å². The molecular formula is C15H17F3N2O4. The van der Waals surface area contributed by atoms with Gasteiger partial charge in [0.1, 0.15) is 24.1 Å². The molecule has 2 amide bonds. The maximum atomic E-state index is 12.4. The molecule has 0 radical (unpaired) electrons. The van der Waals surface area contributed by atoms with Gasteiger partial charge in [-0.15, -0.1) is 0 Å². The second-order valence-corrected chi connectivity index (χ2v) is 5.29. The highest BCUT2D eigenvalue weighted by Gasteiger charge is 2.39. The molecule has 0 aromatic heterocycles. The minimum Gasteiger partial charge on any atom is -0.497 e. The van der Waals surface area contributed by atoms with Gasteiger partial charge in [-0.3, -0.25) is 9.59 Å². The maximum absolute atomic E-state index is 12.4. The molecule has 24 heavy (non-hydrogen) atoms. The van der Waals surface area contributed by atoms with Crippen molar-refractivity contribution in [3.05, 3.63) is 23.8 Å². The highest BCUT2D eigenvalue weighted by Crippen LogP contribution is 2.24. The summed E-state index contributed by atoms with van der Waals surface area (Å²) in [7, 11) is 2.85. The van der Waals surface area contributed by atoms with Crippen LogP contribution in [0.5, 0.6) is 11.5 Å². The Balaban J connectivity index is 2.06. The van der Waals surface area contributed by atoms with Gasteiger partial charge in [0.05, 0.1) is 14.2 Å². The van der Waals surface area contributed by atoms with Crippen LogP contribution in [-0.2, 0) is 4.79 Å². The quantitative estimate of drug-likeness (QED) is 0.879. The molecular weight excluding hydrogens is 329 g/mol. The van der Waals surface area contributed by atoms with E-state index in [2.05, 4.69) is 5.32 Å². The average Bonchev–Trinajstić information content (AvgIpc) is 2.85. The third-order valence-electron chi connectivity index (χ3n) is 3.59.